The van der Waals surface area contributed by atoms with Crippen molar-refractivity contribution >= 4 is 17.6 Å². The molecular formula is C37H39F4N5O5. The Balaban J connectivity index is 1.38. The number of benzene rings is 3. The molecule has 2 N–H and O–H groups in total. The third-order valence-corrected chi connectivity index (χ3v) is 9.00. The van der Waals surface area contributed by atoms with Crippen LogP contribution in [0.3, 0.4) is 0 Å². The second-order valence-corrected chi connectivity index (χ2v) is 12.5. The van der Waals surface area contributed by atoms with Gasteiger partial charge in [-0.3, -0.25) is 28.4 Å². The van der Waals surface area contributed by atoms with E-state index < -0.39 is 46.9 Å². The molecule has 4 aromatic rings. The first kappa shape index (κ1) is 37.0. The first-order valence-electron chi connectivity index (χ1n) is 16.6. The first-order chi connectivity index (χ1) is 24.3. The van der Waals surface area contributed by atoms with Crippen molar-refractivity contribution in [3.8, 4) is 0 Å². The number of aliphatic carboxylic acids is 1. The Bertz CT molecular complexity index is 1990. The molecule has 270 valence electrons. The average molecular weight is 710 g/mol. The van der Waals surface area contributed by atoms with E-state index in [1.54, 1.807) is 18.2 Å². The van der Waals surface area contributed by atoms with E-state index in [2.05, 4.69) is 10.2 Å². The van der Waals surface area contributed by atoms with Gasteiger partial charge in [-0.15, -0.1) is 0 Å². The third kappa shape index (κ3) is 9.11. The van der Waals surface area contributed by atoms with Crippen LogP contribution < -0.4 is 21.5 Å². The Morgan fingerprint density at radius 1 is 0.863 bits per heavy atom. The van der Waals surface area contributed by atoms with Crippen LogP contribution in [0.2, 0.25) is 0 Å². The van der Waals surface area contributed by atoms with Gasteiger partial charge in [0.1, 0.15) is 11.5 Å². The molecular weight excluding hydrogens is 670 g/mol. The number of aryl methyl sites for hydroxylation is 1. The van der Waals surface area contributed by atoms with Crippen LogP contribution in [-0.4, -0.2) is 63.7 Å². The van der Waals surface area contributed by atoms with Crippen LogP contribution in [0, 0.1) is 12.7 Å². The van der Waals surface area contributed by atoms with Crippen molar-refractivity contribution in [3.63, 3.8) is 0 Å². The molecule has 1 aliphatic heterocycles. The fourth-order valence-electron chi connectivity index (χ4n) is 6.30. The van der Waals surface area contributed by atoms with Crippen molar-refractivity contribution in [3.05, 3.63) is 133 Å². The van der Waals surface area contributed by atoms with Gasteiger partial charge in [-0.1, -0.05) is 48.5 Å². The van der Waals surface area contributed by atoms with E-state index in [9.17, 15) is 36.7 Å². The number of piperazine rings is 1. The fraction of sp³-hybridized carbons (Fsp3) is 0.351. The highest BCUT2D eigenvalue weighted by atomic mass is 19.4. The Kier molecular flexibility index (Phi) is 11.8. The van der Waals surface area contributed by atoms with Crippen LogP contribution in [0.15, 0.2) is 82.4 Å². The number of hydrogen-bond acceptors (Lipinski definition) is 6. The second kappa shape index (κ2) is 16.2. The summed E-state index contributed by atoms with van der Waals surface area (Å²) < 4.78 is 58.9. The van der Waals surface area contributed by atoms with Gasteiger partial charge >= 0.3 is 17.8 Å². The normalized spacial score (nSPS) is 13.7. The van der Waals surface area contributed by atoms with Crippen LogP contribution in [0.4, 0.5) is 23.2 Å². The second-order valence-electron chi connectivity index (χ2n) is 12.5. The summed E-state index contributed by atoms with van der Waals surface area (Å²) in [6.45, 7) is 3.23. The minimum absolute atomic E-state index is 0.0260. The van der Waals surface area contributed by atoms with E-state index in [-0.39, 0.29) is 36.8 Å². The molecule has 1 aromatic heterocycles. The summed E-state index contributed by atoms with van der Waals surface area (Å²) >= 11 is 0. The zero-order chi connectivity index (χ0) is 36.7. The number of carbonyl (C=O) groups excluding carboxylic acids is 1. The maximum absolute atomic E-state index is 15.0. The van der Waals surface area contributed by atoms with E-state index in [0.717, 1.165) is 38.5 Å². The minimum Gasteiger partial charge on any atom is -0.481 e. The molecule has 0 radical (unpaired) electrons. The van der Waals surface area contributed by atoms with E-state index in [0.29, 0.717) is 51.1 Å². The lowest BCUT2D eigenvalue weighted by molar-refractivity contribution is -0.138. The number of carbonyl (C=O) groups is 2. The molecule has 14 heteroatoms. The number of halogens is 4. The minimum atomic E-state index is -4.86. The predicted molar refractivity (Wildman–Crippen MR) is 183 cm³/mol. The number of nitrogens with one attached hydrogen (secondary N) is 1. The summed E-state index contributed by atoms with van der Waals surface area (Å²) in [4.78, 5) is 55.1. The zero-order valence-electron chi connectivity index (χ0n) is 28.1. The van der Waals surface area contributed by atoms with Crippen LogP contribution in [0.5, 0.6) is 0 Å². The number of anilines is 1. The number of hydrogen-bond donors (Lipinski definition) is 2. The summed E-state index contributed by atoms with van der Waals surface area (Å²) in [5, 5.41) is 11.5. The summed E-state index contributed by atoms with van der Waals surface area (Å²) in [7, 11) is 0. The number of nitrogens with zero attached hydrogens (tertiary/aromatic N) is 4. The maximum Gasteiger partial charge on any atom is 0.416 e. The number of rotatable bonds is 13. The molecule has 1 aliphatic rings. The molecule has 10 nitrogen and oxygen atoms in total. The number of aromatic nitrogens is 2. The molecule has 0 bridgehead atoms. The van der Waals surface area contributed by atoms with Gasteiger partial charge in [0, 0.05) is 69.1 Å². The zero-order valence-corrected chi connectivity index (χ0v) is 28.1. The number of alkyl halides is 3. The lowest BCUT2D eigenvalue weighted by Gasteiger charge is -2.37. The van der Waals surface area contributed by atoms with Gasteiger partial charge in [-0.25, -0.2) is 9.18 Å². The van der Waals surface area contributed by atoms with Crippen molar-refractivity contribution in [1.82, 2.24) is 19.4 Å². The first-order valence-corrected chi connectivity index (χ1v) is 16.6. The Morgan fingerprint density at radius 2 is 1.55 bits per heavy atom. The van der Waals surface area contributed by atoms with Gasteiger partial charge in [-0.05, 0) is 55.2 Å². The summed E-state index contributed by atoms with van der Waals surface area (Å²) in [5.74, 6) is -2.34. The standard InChI is InChI=1S/C37H39F4N5O5/c1-25-33(44-20-18-43(19-21-44)23-27-10-5-11-28(22-27)34(49)42-16-7-14-32(47)48)35(50)45(17-15-26-8-3-2-4-9-26)36(51)46(25)24-29-30(37(39,40)41)12-6-13-31(29)38/h2-6,8-13,22H,7,14-21,23-24H2,1H3,(H,42,49)(H,47,48). The SMILES string of the molecule is Cc1c(N2CCN(Cc3cccc(C(=O)NCCCC(=O)O)c3)CC2)c(=O)n(CCc2ccccc2)c(=O)n1Cc1c(F)cccc1C(F)(F)F. The molecule has 0 atom stereocenters. The van der Waals surface area contributed by atoms with Gasteiger partial charge in [-0.2, -0.15) is 13.2 Å². The van der Waals surface area contributed by atoms with Crippen molar-refractivity contribution < 1.29 is 32.3 Å². The molecule has 3 aromatic carbocycles. The van der Waals surface area contributed by atoms with E-state index in [4.69, 9.17) is 5.11 Å². The molecule has 1 amide bonds. The topological polar surface area (TPSA) is 117 Å². The summed E-state index contributed by atoms with van der Waals surface area (Å²) in [6.07, 6.45) is -4.27. The van der Waals surface area contributed by atoms with Crippen LogP contribution >= 0.6 is 0 Å². The molecule has 1 fully saturated rings. The molecule has 5 rings (SSSR count). The third-order valence-electron chi connectivity index (χ3n) is 9.00. The van der Waals surface area contributed by atoms with Crippen LogP contribution in [0.1, 0.15) is 51.1 Å². The quantitative estimate of drug-likeness (QED) is 0.153. The summed E-state index contributed by atoms with van der Waals surface area (Å²) in [6, 6.07) is 18.9. The lowest BCUT2D eigenvalue weighted by atomic mass is 10.1. The van der Waals surface area contributed by atoms with Crippen molar-refractivity contribution in [2.75, 3.05) is 37.6 Å². The van der Waals surface area contributed by atoms with E-state index in [1.807, 2.05) is 41.3 Å². The largest absolute Gasteiger partial charge is 0.481 e. The fourth-order valence-corrected chi connectivity index (χ4v) is 6.30. The highest BCUT2D eigenvalue weighted by molar-refractivity contribution is 5.94. The van der Waals surface area contributed by atoms with E-state index in [1.165, 1.54) is 6.92 Å². The van der Waals surface area contributed by atoms with Crippen molar-refractivity contribution in [1.29, 1.82) is 0 Å². The maximum atomic E-state index is 15.0. The Hall–Kier alpha value is -5.24. The lowest BCUT2D eigenvalue weighted by Crippen LogP contribution is -2.51. The Labute approximate surface area is 291 Å². The van der Waals surface area contributed by atoms with Gasteiger partial charge < -0.3 is 15.3 Å². The summed E-state index contributed by atoms with van der Waals surface area (Å²) in [5.41, 5.74) is -0.760. The molecule has 51 heavy (non-hydrogen) atoms. The van der Waals surface area contributed by atoms with Gasteiger partial charge in [0.2, 0.25) is 0 Å². The van der Waals surface area contributed by atoms with Gasteiger partial charge in [0.05, 0.1) is 12.1 Å². The molecule has 0 spiro atoms. The predicted octanol–water partition coefficient (Wildman–Crippen LogP) is 4.68. The average Bonchev–Trinajstić information content (AvgIpc) is 3.09. The monoisotopic (exact) mass is 709 g/mol. The molecule has 0 unspecified atom stereocenters. The molecule has 0 aliphatic carbocycles. The smallest absolute Gasteiger partial charge is 0.416 e. The number of carboxylic acid groups (broad SMARTS) is 1. The van der Waals surface area contributed by atoms with Crippen molar-refractivity contribution in [2.45, 2.75) is 52.0 Å². The van der Waals surface area contributed by atoms with Crippen molar-refractivity contribution in [2.24, 2.45) is 0 Å². The van der Waals surface area contributed by atoms with Crippen LogP contribution in [0.25, 0.3) is 0 Å². The van der Waals surface area contributed by atoms with Gasteiger partial charge in [0.25, 0.3) is 11.5 Å². The van der Waals surface area contributed by atoms with E-state index >= 15 is 0 Å². The highest BCUT2D eigenvalue weighted by Gasteiger charge is 2.35. The Morgan fingerprint density at radius 3 is 2.24 bits per heavy atom. The molecule has 2 heterocycles. The number of carboxylic acids is 1. The molecule has 1 saturated heterocycles. The van der Waals surface area contributed by atoms with Crippen LogP contribution in [-0.2, 0) is 37.0 Å². The number of amides is 1. The highest BCUT2D eigenvalue weighted by Crippen LogP contribution is 2.33. The molecule has 0 saturated carbocycles. The van der Waals surface area contributed by atoms with Gasteiger partial charge in [0.15, 0.2) is 0 Å².